The van der Waals surface area contributed by atoms with Crippen LogP contribution in [0.15, 0.2) is 12.4 Å². The molecule has 0 aliphatic rings. The predicted molar refractivity (Wildman–Crippen MR) is 61.7 cm³/mol. The van der Waals surface area contributed by atoms with Crippen LogP contribution in [0.4, 0.5) is 13.2 Å². The van der Waals surface area contributed by atoms with E-state index >= 15 is 0 Å². The van der Waals surface area contributed by atoms with Crippen molar-refractivity contribution in [3.8, 4) is 0 Å². The number of hydrogen-bond donors (Lipinski definition) is 0. The maximum atomic E-state index is 12.5. The molecule has 0 radical (unpaired) electrons. The van der Waals surface area contributed by atoms with Crippen LogP contribution in [0, 0.1) is 0 Å². The molecular formula is C11H11ClF3N3. The fraction of sp³-hybridized carbons (Fsp3) is 0.455. The highest BCUT2D eigenvalue weighted by atomic mass is 35.5. The summed E-state index contributed by atoms with van der Waals surface area (Å²) in [5.74, 6) is 0. The molecule has 7 heteroatoms. The van der Waals surface area contributed by atoms with Crippen molar-refractivity contribution in [1.82, 2.24) is 14.4 Å². The van der Waals surface area contributed by atoms with Gasteiger partial charge < -0.3 is 0 Å². The highest BCUT2D eigenvalue weighted by Crippen LogP contribution is 2.32. The summed E-state index contributed by atoms with van der Waals surface area (Å²) in [5, 5.41) is 0.290. The van der Waals surface area contributed by atoms with Gasteiger partial charge in [-0.1, -0.05) is 32.4 Å². The standard InChI is InChI=1S/C11H11ClF3N3/c1-10(2,3)8-9(12)18-5-16-6(11(13,14)15)4-7(18)17-8/h4-5H,1-3H3. The Labute approximate surface area is 107 Å². The molecule has 0 N–H and O–H groups in total. The van der Waals surface area contributed by atoms with Crippen molar-refractivity contribution in [1.29, 1.82) is 0 Å². The molecule has 0 amide bonds. The maximum Gasteiger partial charge on any atom is 0.433 e. The van der Waals surface area contributed by atoms with Gasteiger partial charge in [-0.2, -0.15) is 13.2 Å². The third kappa shape index (κ3) is 2.16. The quantitative estimate of drug-likeness (QED) is 0.735. The topological polar surface area (TPSA) is 30.2 Å². The van der Waals surface area contributed by atoms with Gasteiger partial charge in [0.05, 0.1) is 5.69 Å². The zero-order chi connectivity index (χ0) is 13.7. The molecule has 0 fully saturated rings. The molecule has 2 heterocycles. The Morgan fingerprint density at radius 1 is 1.22 bits per heavy atom. The van der Waals surface area contributed by atoms with Crippen LogP contribution in [-0.2, 0) is 11.6 Å². The molecule has 0 bridgehead atoms. The summed E-state index contributed by atoms with van der Waals surface area (Å²) < 4.78 is 38.9. The van der Waals surface area contributed by atoms with Crippen LogP contribution in [0.25, 0.3) is 5.65 Å². The number of imidazole rings is 1. The van der Waals surface area contributed by atoms with Crippen LogP contribution in [0.5, 0.6) is 0 Å². The zero-order valence-corrected chi connectivity index (χ0v) is 10.8. The monoisotopic (exact) mass is 277 g/mol. The number of aromatic nitrogens is 3. The van der Waals surface area contributed by atoms with Crippen molar-refractivity contribution in [3.63, 3.8) is 0 Å². The molecule has 98 valence electrons. The summed E-state index contributed by atoms with van der Waals surface area (Å²) in [6.45, 7) is 5.66. The summed E-state index contributed by atoms with van der Waals surface area (Å²) in [7, 11) is 0. The minimum absolute atomic E-state index is 0.146. The van der Waals surface area contributed by atoms with Crippen molar-refractivity contribution in [3.05, 3.63) is 28.9 Å². The van der Waals surface area contributed by atoms with Crippen LogP contribution in [0.1, 0.15) is 32.2 Å². The van der Waals surface area contributed by atoms with Crippen LogP contribution >= 0.6 is 11.6 Å². The van der Waals surface area contributed by atoms with E-state index in [-0.39, 0.29) is 11.1 Å². The lowest BCUT2D eigenvalue weighted by atomic mass is 9.93. The van der Waals surface area contributed by atoms with Crippen molar-refractivity contribution in [2.45, 2.75) is 32.4 Å². The number of hydrogen-bond acceptors (Lipinski definition) is 2. The van der Waals surface area contributed by atoms with Crippen LogP contribution in [-0.4, -0.2) is 14.4 Å². The molecule has 0 unspecified atom stereocenters. The smallest absolute Gasteiger partial charge is 0.273 e. The Bertz CT molecular complexity index is 596. The minimum Gasteiger partial charge on any atom is -0.273 e. The van der Waals surface area contributed by atoms with Crippen LogP contribution in [0.2, 0.25) is 5.15 Å². The first-order valence-corrected chi connectivity index (χ1v) is 5.60. The average Bonchev–Trinajstić information content (AvgIpc) is 2.54. The fourth-order valence-electron chi connectivity index (χ4n) is 1.55. The van der Waals surface area contributed by atoms with Crippen molar-refractivity contribution >= 4 is 17.2 Å². The van der Waals surface area contributed by atoms with E-state index in [0.717, 1.165) is 12.4 Å². The molecule has 0 aliphatic carbocycles. The summed E-state index contributed by atoms with van der Waals surface area (Å²) in [4.78, 5) is 7.50. The van der Waals surface area contributed by atoms with Crippen molar-refractivity contribution < 1.29 is 13.2 Å². The van der Waals surface area contributed by atoms with Gasteiger partial charge in [0.2, 0.25) is 0 Å². The van der Waals surface area contributed by atoms with E-state index in [1.165, 1.54) is 4.40 Å². The molecular weight excluding hydrogens is 267 g/mol. The molecule has 0 spiro atoms. The van der Waals surface area contributed by atoms with Crippen molar-refractivity contribution in [2.75, 3.05) is 0 Å². The first-order chi connectivity index (χ1) is 8.10. The lowest BCUT2D eigenvalue weighted by Gasteiger charge is -2.15. The van der Waals surface area contributed by atoms with Gasteiger partial charge >= 0.3 is 6.18 Å². The Balaban J connectivity index is 2.67. The lowest BCUT2D eigenvalue weighted by molar-refractivity contribution is -0.141. The Morgan fingerprint density at radius 3 is 2.33 bits per heavy atom. The van der Waals surface area contributed by atoms with Gasteiger partial charge in [-0.15, -0.1) is 0 Å². The second-order valence-electron chi connectivity index (χ2n) is 5.00. The average molecular weight is 278 g/mol. The van der Waals surface area contributed by atoms with Gasteiger partial charge in [0.1, 0.15) is 22.8 Å². The van der Waals surface area contributed by atoms with E-state index in [2.05, 4.69) is 9.97 Å². The molecule has 3 nitrogen and oxygen atoms in total. The van der Waals surface area contributed by atoms with Gasteiger partial charge in [-0.25, -0.2) is 9.97 Å². The third-order valence-corrected chi connectivity index (χ3v) is 2.82. The molecule has 0 atom stereocenters. The Hall–Kier alpha value is -1.30. The largest absolute Gasteiger partial charge is 0.433 e. The van der Waals surface area contributed by atoms with E-state index in [9.17, 15) is 13.2 Å². The molecule has 2 rings (SSSR count). The van der Waals surface area contributed by atoms with E-state index in [4.69, 9.17) is 11.6 Å². The van der Waals surface area contributed by atoms with E-state index in [1.54, 1.807) is 0 Å². The molecule has 0 saturated carbocycles. The summed E-state index contributed by atoms with van der Waals surface area (Å²) in [5.41, 5.74) is -0.628. The molecule has 0 aliphatic heterocycles. The lowest BCUT2D eigenvalue weighted by Crippen LogP contribution is -2.12. The number of nitrogens with zero attached hydrogens (tertiary/aromatic N) is 3. The summed E-state index contributed by atoms with van der Waals surface area (Å²) in [6.07, 6.45) is -3.44. The second-order valence-corrected chi connectivity index (χ2v) is 5.36. The van der Waals surface area contributed by atoms with Crippen LogP contribution < -0.4 is 0 Å². The first-order valence-electron chi connectivity index (χ1n) is 5.22. The van der Waals surface area contributed by atoms with Gasteiger partial charge in [0, 0.05) is 11.5 Å². The Morgan fingerprint density at radius 2 is 1.83 bits per heavy atom. The van der Waals surface area contributed by atoms with Crippen molar-refractivity contribution in [2.24, 2.45) is 0 Å². The van der Waals surface area contributed by atoms with E-state index < -0.39 is 11.9 Å². The fourth-order valence-corrected chi connectivity index (χ4v) is 2.01. The van der Waals surface area contributed by atoms with Gasteiger partial charge in [-0.3, -0.25) is 4.40 Å². The van der Waals surface area contributed by atoms with E-state index in [0.29, 0.717) is 10.8 Å². The summed E-state index contributed by atoms with van der Waals surface area (Å²) in [6, 6.07) is 0.890. The molecule has 2 aromatic heterocycles. The molecule has 0 saturated heterocycles. The molecule has 2 aromatic rings. The van der Waals surface area contributed by atoms with E-state index in [1.807, 2.05) is 20.8 Å². The highest BCUT2D eigenvalue weighted by molar-refractivity contribution is 6.30. The number of halogens is 4. The second kappa shape index (κ2) is 3.85. The molecule has 18 heavy (non-hydrogen) atoms. The zero-order valence-electron chi connectivity index (χ0n) is 10.0. The predicted octanol–water partition coefficient (Wildman–Crippen LogP) is 3.70. The number of rotatable bonds is 0. The first kappa shape index (κ1) is 13.1. The SMILES string of the molecule is CC(C)(C)c1nc2cc(C(F)(F)F)ncn2c1Cl. The normalized spacial score (nSPS) is 13.3. The highest BCUT2D eigenvalue weighted by Gasteiger charge is 2.33. The maximum absolute atomic E-state index is 12.5. The third-order valence-electron chi connectivity index (χ3n) is 2.46. The number of alkyl halides is 3. The van der Waals surface area contributed by atoms with Gasteiger partial charge in [0.25, 0.3) is 0 Å². The Kier molecular flexibility index (Phi) is 2.81. The summed E-state index contributed by atoms with van der Waals surface area (Å²) >= 11 is 6.09. The van der Waals surface area contributed by atoms with Gasteiger partial charge in [0.15, 0.2) is 0 Å². The minimum atomic E-state index is -4.48. The number of fused-ring (bicyclic) bond motifs is 1. The van der Waals surface area contributed by atoms with Crippen LogP contribution in [0.3, 0.4) is 0 Å². The van der Waals surface area contributed by atoms with Gasteiger partial charge in [-0.05, 0) is 0 Å². The molecule has 0 aromatic carbocycles.